The van der Waals surface area contributed by atoms with E-state index in [1.807, 2.05) is 0 Å². The van der Waals surface area contributed by atoms with E-state index in [-0.39, 0.29) is 41.6 Å². The third-order valence-electron chi connectivity index (χ3n) is 5.07. The first-order chi connectivity index (χ1) is 16.6. The molecule has 0 fully saturated rings. The molecule has 8 nitrogen and oxygen atoms in total. The predicted molar refractivity (Wildman–Crippen MR) is 114 cm³/mol. The van der Waals surface area contributed by atoms with Crippen molar-refractivity contribution >= 4 is 23.2 Å². The Hall–Kier alpha value is -3.74. The molecule has 4 rings (SSSR count). The normalized spacial score (nSPS) is 17.2. The van der Waals surface area contributed by atoms with Gasteiger partial charge in [0, 0.05) is 18.0 Å². The summed E-state index contributed by atoms with van der Waals surface area (Å²) in [6, 6.07) is 6.08. The van der Waals surface area contributed by atoms with Gasteiger partial charge in [-0.25, -0.2) is 14.2 Å². The lowest BCUT2D eigenvalue weighted by Crippen LogP contribution is -2.50. The Morgan fingerprint density at radius 1 is 1.29 bits per heavy atom. The second-order valence-electron chi connectivity index (χ2n) is 7.26. The third kappa shape index (κ3) is 5.04. The molecule has 1 atom stereocenters. The van der Waals surface area contributed by atoms with Gasteiger partial charge in [-0.15, -0.1) is 24.5 Å². The van der Waals surface area contributed by atoms with Crippen molar-refractivity contribution in [3.8, 4) is 11.5 Å². The summed E-state index contributed by atoms with van der Waals surface area (Å²) in [6.45, 7) is 1.85. The number of carbonyl (C=O) groups is 2. The first kappa shape index (κ1) is 24.4. The van der Waals surface area contributed by atoms with E-state index in [1.54, 1.807) is 19.1 Å². The Morgan fingerprint density at radius 3 is 2.80 bits per heavy atom. The van der Waals surface area contributed by atoms with Gasteiger partial charge in [-0.3, -0.25) is 9.78 Å². The van der Waals surface area contributed by atoms with Crippen LogP contribution in [0, 0.1) is 5.82 Å². The smallest absolute Gasteiger partial charge is 0.491 e. The molecule has 35 heavy (non-hydrogen) atoms. The summed E-state index contributed by atoms with van der Waals surface area (Å²) in [5.74, 6) is -3.40. The number of thiazole rings is 1. The Morgan fingerprint density at radius 2 is 2.09 bits per heavy atom. The molecule has 0 radical (unpaired) electrons. The van der Waals surface area contributed by atoms with Crippen LogP contribution in [0.15, 0.2) is 41.9 Å². The van der Waals surface area contributed by atoms with Crippen LogP contribution in [0.5, 0.6) is 11.5 Å². The molecule has 1 aromatic carbocycles. The van der Waals surface area contributed by atoms with Gasteiger partial charge < -0.3 is 19.5 Å². The maximum absolute atomic E-state index is 14.7. The number of halogens is 4. The Bertz CT molecular complexity index is 1270. The van der Waals surface area contributed by atoms with E-state index in [4.69, 9.17) is 9.47 Å². The van der Waals surface area contributed by atoms with Gasteiger partial charge in [-0.1, -0.05) is 6.07 Å². The zero-order chi connectivity index (χ0) is 25.2. The molecule has 0 spiro atoms. The number of hydrogen-bond acceptors (Lipinski definition) is 8. The number of amides is 1. The molecule has 184 valence electrons. The molecule has 1 N–H and O–H groups in total. The largest absolute Gasteiger partial charge is 0.573 e. The average Bonchev–Trinajstić information content (AvgIpc) is 3.31. The molecule has 2 aromatic heterocycles. The SMILES string of the molecule is CCOC(=O)c1nc(C(=O)NC2(c3ccc(OC(F)(F)F)c(F)c3)CCOc3cccnc32)cs1. The van der Waals surface area contributed by atoms with Crippen molar-refractivity contribution in [2.75, 3.05) is 13.2 Å². The lowest BCUT2D eigenvalue weighted by molar-refractivity contribution is -0.275. The number of aromatic nitrogens is 2. The Kier molecular flexibility index (Phi) is 6.61. The molecule has 0 saturated carbocycles. The molecule has 1 aliphatic rings. The van der Waals surface area contributed by atoms with E-state index in [1.165, 1.54) is 17.6 Å². The number of hydrogen-bond donors (Lipinski definition) is 1. The van der Waals surface area contributed by atoms with Crippen molar-refractivity contribution in [1.29, 1.82) is 0 Å². The summed E-state index contributed by atoms with van der Waals surface area (Å²) >= 11 is 0.908. The average molecular weight is 511 g/mol. The molecule has 1 amide bonds. The van der Waals surface area contributed by atoms with Crippen molar-refractivity contribution < 1.29 is 41.4 Å². The maximum Gasteiger partial charge on any atom is 0.573 e. The fourth-order valence-electron chi connectivity index (χ4n) is 3.63. The standard InChI is InChI=1S/C22H17F4N3O5S/c1-2-32-20(31)19-28-14(11-35-19)18(30)29-21(7-9-33-16-4-3-8-27-17(16)21)12-5-6-15(13(23)10-12)34-22(24,25)26/h3-6,8,10-11H,2,7,9H2,1H3,(H,29,30). The quantitative estimate of drug-likeness (QED) is 0.391. The summed E-state index contributed by atoms with van der Waals surface area (Å²) in [7, 11) is 0. The zero-order valence-corrected chi connectivity index (χ0v) is 18.8. The number of rotatable bonds is 6. The van der Waals surface area contributed by atoms with Gasteiger partial charge in [0.15, 0.2) is 11.6 Å². The van der Waals surface area contributed by atoms with Gasteiger partial charge in [-0.05, 0) is 36.8 Å². The number of alkyl halides is 3. The lowest BCUT2D eigenvalue weighted by Gasteiger charge is -2.38. The first-order valence-electron chi connectivity index (χ1n) is 10.2. The number of nitrogens with one attached hydrogen (secondary N) is 1. The molecular formula is C22H17F4N3O5S. The Balaban J connectivity index is 1.75. The van der Waals surface area contributed by atoms with E-state index in [9.17, 15) is 27.2 Å². The molecule has 3 heterocycles. The van der Waals surface area contributed by atoms with Crippen LogP contribution in [0.3, 0.4) is 0 Å². The summed E-state index contributed by atoms with van der Waals surface area (Å²) in [6.07, 6.45) is -3.56. The van der Waals surface area contributed by atoms with Gasteiger partial charge in [0.1, 0.15) is 22.7 Å². The van der Waals surface area contributed by atoms with Crippen molar-refractivity contribution in [2.24, 2.45) is 0 Å². The van der Waals surface area contributed by atoms with Crippen LogP contribution in [0.1, 0.15) is 44.9 Å². The molecule has 1 aliphatic heterocycles. The summed E-state index contributed by atoms with van der Waals surface area (Å²) in [4.78, 5) is 33.4. The predicted octanol–water partition coefficient (Wildman–Crippen LogP) is 4.21. The summed E-state index contributed by atoms with van der Waals surface area (Å²) in [5, 5.41) is 4.11. The monoisotopic (exact) mass is 511 g/mol. The fourth-order valence-corrected chi connectivity index (χ4v) is 4.32. The number of nitrogens with zero attached hydrogens (tertiary/aromatic N) is 2. The van der Waals surface area contributed by atoms with Gasteiger partial charge in [0.25, 0.3) is 5.91 Å². The highest BCUT2D eigenvalue weighted by atomic mass is 32.1. The topological polar surface area (TPSA) is 99.6 Å². The highest BCUT2D eigenvalue weighted by molar-refractivity contribution is 7.11. The van der Waals surface area contributed by atoms with Crippen molar-refractivity contribution in [2.45, 2.75) is 25.2 Å². The van der Waals surface area contributed by atoms with Crippen LogP contribution in [-0.2, 0) is 10.3 Å². The number of fused-ring (bicyclic) bond motifs is 1. The second kappa shape index (κ2) is 9.49. The van der Waals surface area contributed by atoms with Crippen LogP contribution < -0.4 is 14.8 Å². The van der Waals surface area contributed by atoms with Gasteiger partial charge in [-0.2, -0.15) is 0 Å². The van der Waals surface area contributed by atoms with Crippen LogP contribution in [0.2, 0.25) is 0 Å². The van der Waals surface area contributed by atoms with E-state index in [0.29, 0.717) is 5.75 Å². The summed E-state index contributed by atoms with van der Waals surface area (Å²) < 4.78 is 66.7. The zero-order valence-electron chi connectivity index (χ0n) is 18.0. The van der Waals surface area contributed by atoms with Crippen molar-refractivity contribution in [3.63, 3.8) is 0 Å². The minimum Gasteiger partial charge on any atom is -0.491 e. The molecule has 1 unspecified atom stereocenters. The molecule has 13 heteroatoms. The van der Waals surface area contributed by atoms with E-state index < -0.39 is 35.3 Å². The van der Waals surface area contributed by atoms with Gasteiger partial charge in [0.2, 0.25) is 5.01 Å². The van der Waals surface area contributed by atoms with E-state index >= 15 is 0 Å². The third-order valence-corrected chi connectivity index (χ3v) is 5.90. The van der Waals surface area contributed by atoms with Crippen LogP contribution >= 0.6 is 11.3 Å². The highest BCUT2D eigenvalue weighted by Crippen LogP contribution is 2.42. The van der Waals surface area contributed by atoms with Crippen LogP contribution in [0.4, 0.5) is 17.6 Å². The van der Waals surface area contributed by atoms with Crippen LogP contribution in [0.25, 0.3) is 0 Å². The minimum absolute atomic E-state index is 0.0313. The molecule has 0 bridgehead atoms. The van der Waals surface area contributed by atoms with Crippen LogP contribution in [-0.4, -0.2) is 41.4 Å². The van der Waals surface area contributed by atoms with E-state index in [0.717, 1.165) is 23.5 Å². The second-order valence-corrected chi connectivity index (χ2v) is 8.12. The molecule has 0 saturated heterocycles. The number of carbonyl (C=O) groups excluding carboxylic acids is 2. The van der Waals surface area contributed by atoms with Crippen molar-refractivity contribution in [1.82, 2.24) is 15.3 Å². The number of esters is 1. The highest BCUT2D eigenvalue weighted by Gasteiger charge is 2.43. The first-order valence-corrected chi connectivity index (χ1v) is 11.1. The Labute approximate surface area is 199 Å². The van der Waals surface area contributed by atoms with Crippen molar-refractivity contribution in [3.05, 3.63) is 69.7 Å². The van der Waals surface area contributed by atoms with Gasteiger partial charge >= 0.3 is 12.3 Å². The number of benzene rings is 1. The maximum atomic E-state index is 14.7. The lowest BCUT2D eigenvalue weighted by atomic mass is 9.81. The molecule has 3 aromatic rings. The summed E-state index contributed by atoms with van der Waals surface area (Å²) in [5.41, 5.74) is -1.23. The molecular weight excluding hydrogens is 494 g/mol. The fraction of sp³-hybridized carbons (Fsp3) is 0.273. The molecule has 0 aliphatic carbocycles. The minimum atomic E-state index is -5.08. The van der Waals surface area contributed by atoms with Gasteiger partial charge in [0.05, 0.1) is 13.2 Å². The number of pyridine rings is 1. The number of ether oxygens (including phenoxy) is 3. The van der Waals surface area contributed by atoms with E-state index in [2.05, 4.69) is 20.0 Å².